The average molecular weight is 412 g/mol. The monoisotopic (exact) mass is 412 g/mol. The highest BCUT2D eigenvalue weighted by molar-refractivity contribution is 7.93. The maximum absolute atomic E-state index is 13.6. The number of benzene rings is 3. The highest BCUT2D eigenvalue weighted by Gasteiger charge is 2.30. The third-order valence-corrected chi connectivity index (χ3v) is 6.21. The summed E-state index contributed by atoms with van der Waals surface area (Å²) in [6, 6.07) is 19.7. The van der Waals surface area contributed by atoms with E-state index in [0.29, 0.717) is 5.69 Å². The van der Waals surface area contributed by atoms with E-state index < -0.39 is 14.9 Å². The number of anilines is 1. The van der Waals surface area contributed by atoms with Crippen LogP contribution in [0.15, 0.2) is 77.7 Å². The molecule has 0 radical (unpaired) electrons. The number of nitrogens with zero attached hydrogens (tertiary/aromatic N) is 2. The topological polar surface area (TPSA) is 89.7 Å². The van der Waals surface area contributed by atoms with Gasteiger partial charge in [-0.1, -0.05) is 48.0 Å². The second kappa shape index (κ2) is 8.32. The number of ether oxygens (including phenoxy) is 1. The van der Waals surface area contributed by atoms with E-state index in [1.54, 1.807) is 12.1 Å². The molecule has 0 aliphatic heterocycles. The van der Waals surface area contributed by atoms with Gasteiger partial charge in [0, 0.05) is 12.1 Å². The largest absolute Gasteiger partial charge is 0.495 e. The van der Waals surface area contributed by atoms with Gasteiger partial charge in [0.05, 0.1) is 24.3 Å². The molecule has 0 aliphatic carbocycles. The summed E-state index contributed by atoms with van der Waals surface area (Å²) >= 11 is 0. The van der Waals surface area contributed by atoms with Crippen LogP contribution < -0.4 is 9.04 Å². The highest BCUT2D eigenvalue weighted by atomic mass is 32.2. The Bertz CT molecular complexity index is 1110. The van der Waals surface area contributed by atoms with Crippen molar-refractivity contribution in [1.29, 1.82) is 0 Å². The van der Waals surface area contributed by atoms with Gasteiger partial charge in [0.2, 0.25) is 0 Å². The lowest BCUT2D eigenvalue weighted by atomic mass is 10.2. The van der Waals surface area contributed by atoms with Crippen LogP contribution in [0.3, 0.4) is 0 Å². The molecule has 29 heavy (non-hydrogen) atoms. The molecule has 0 spiro atoms. The molecule has 8 heteroatoms. The van der Waals surface area contributed by atoms with Crippen molar-refractivity contribution >= 4 is 21.4 Å². The zero-order valence-electron chi connectivity index (χ0n) is 16.0. The third kappa shape index (κ3) is 4.38. The van der Waals surface area contributed by atoms with Crippen molar-refractivity contribution in [1.82, 2.24) is 0 Å². The van der Waals surface area contributed by atoms with Gasteiger partial charge in [0.25, 0.3) is 15.7 Å². The Balaban J connectivity index is 2.17. The van der Waals surface area contributed by atoms with Gasteiger partial charge in [-0.15, -0.1) is 0 Å². The maximum atomic E-state index is 13.6. The Morgan fingerprint density at radius 3 is 2.24 bits per heavy atom. The summed E-state index contributed by atoms with van der Waals surface area (Å²) in [5, 5.41) is 11.2. The first kappa shape index (κ1) is 20.3. The predicted molar refractivity (Wildman–Crippen MR) is 111 cm³/mol. The van der Waals surface area contributed by atoms with Crippen LogP contribution in [0.2, 0.25) is 0 Å². The summed E-state index contributed by atoms with van der Waals surface area (Å²) in [5.41, 5.74) is 1.89. The number of nitro benzene ring substituents is 1. The molecule has 0 N–H and O–H groups in total. The van der Waals surface area contributed by atoms with Crippen molar-refractivity contribution in [2.24, 2.45) is 0 Å². The van der Waals surface area contributed by atoms with E-state index in [9.17, 15) is 18.5 Å². The minimum Gasteiger partial charge on any atom is -0.495 e. The Hall–Kier alpha value is -3.39. The van der Waals surface area contributed by atoms with Gasteiger partial charge in [0.15, 0.2) is 0 Å². The number of rotatable bonds is 7. The number of methoxy groups -OCH3 is 1. The van der Waals surface area contributed by atoms with E-state index in [1.807, 2.05) is 49.4 Å². The fourth-order valence-electron chi connectivity index (χ4n) is 2.87. The summed E-state index contributed by atoms with van der Waals surface area (Å²) < 4.78 is 33.6. The fourth-order valence-corrected chi connectivity index (χ4v) is 4.51. The van der Waals surface area contributed by atoms with Crippen molar-refractivity contribution < 1.29 is 18.1 Å². The van der Waals surface area contributed by atoms with Crippen LogP contribution in [0.25, 0.3) is 0 Å². The highest BCUT2D eigenvalue weighted by Crippen LogP contribution is 2.34. The van der Waals surface area contributed by atoms with Crippen LogP contribution >= 0.6 is 0 Å². The van der Waals surface area contributed by atoms with Gasteiger partial charge < -0.3 is 4.74 Å². The Morgan fingerprint density at radius 1 is 1.00 bits per heavy atom. The smallest absolute Gasteiger partial charge is 0.271 e. The average Bonchev–Trinajstić information content (AvgIpc) is 2.73. The normalized spacial score (nSPS) is 11.1. The van der Waals surface area contributed by atoms with Crippen molar-refractivity contribution in [2.75, 3.05) is 11.4 Å². The Kier molecular flexibility index (Phi) is 5.84. The summed E-state index contributed by atoms with van der Waals surface area (Å²) in [6.07, 6.45) is 0. The predicted octanol–water partition coefficient (Wildman–Crippen LogP) is 4.31. The number of non-ortho nitro benzene ring substituents is 1. The van der Waals surface area contributed by atoms with Crippen LogP contribution in [0, 0.1) is 17.0 Å². The maximum Gasteiger partial charge on any atom is 0.271 e. The molecule has 0 saturated carbocycles. The van der Waals surface area contributed by atoms with E-state index in [4.69, 9.17) is 4.74 Å². The molecule has 0 unspecified atom stereocenters. The minimum absolute atomic E-state index is 0.0424. The molecule has 3 aromatic carbocycles. The quantitative estimate of drug-likeness (QED) is 0.426. The molecular formula is C21H20N2O5S. The number of hydrogen-bond donors (Lipinski definition) is 0. The van der Waals surface area contributed by atoms with Crippen LogP contribution in [0.1, 0.15) is 11.1 Å². The molecular weight excluding hydrogens is 392 g/mol. The van der Waals surface area contributed by atoms with Crippen LogP contribution in [-0.2, 0) is 16.6 Å². The first-order chi connectivity index (χ1) is 13.8. The molecule has 0 aromatic heterocycles. The van der Waals surface area contributed by atoms with Crippen LogP contribution in [0.4, 0.5) is 11.4 Å². The molecule has 0 aliphatic rings. The van der Waals surface area contributed by atoms with E-state index in [0.717, 1.165) is 17.2 Å². The molecule has 0 saturated heterocycles. The lowest BCUT2D eigenvalue weighted by Crippen LogP contribution is -2.31. The summed E-state index contributed by atoms with van der Waals surface area (Å²) in [5.74, 6) is 0.0424. The second-order valence-electron chi connectivity index (χ2n) is 6.43. The molecule has 0 heterocycles. The standard InChI is InChI=1S/C21H20N2O5S/c1-16-8-10-18(11-9-16)22(15-17-6-4-3-5-7-17)29(26,27)21-14-19(23(24)25)12-13-20(21)28-2/h3-14H,15H2,1-2H3. The van der Waals surface area contributed by atoms with Gasteiger partial charge in [0.1, 0.15) is 10.6 Å². The van der Waals surface area contributed by atoms with Gasteiger partial charge >= 0.3 is 0 Å². The number of nitro groups is 1. The molecule has 0 fully saturated rings. The number of sulfonamides is 1. The van der Waals surface area contributed by atoms with Crippen molar-refractivity contribution in [2.45, 2.75) is 18.4 Å². The molecule has 0 amide bonds. The van der Waals surface area contributed by atoms with Gasteiger partial charge in [-0.05, 0) is 30.7 Å². The third-order valence-electron chi connectivity index (χ3n) is 4.42. The number of hydrogen-bond acceptors (Lipinski definition) is 5. The van der Waals surface area contributed by atoms with Crippen LogP contribution in [-0.4, -0.2) is 20.5 Å². The van der Waals surface area contributed by atoms with E-state index in [-0.39, 0.29) is 22.9 Å². The molecule has 7 nitrogen and oxygen atoms in total. The van der Waals surface area contributed by atoms with Gasteiger partial charge in [-0.3, -0.25) is 14.4 Å². The zero-order valence-corrected chi connectivity index (χ0v) is 16.8. The lowest BCUT2D eigenvalue weighted by Gasteiger charge is -2.25. The zero-order chi connectivity index (χ0) is 21.0. The second-order valence-corrected chi connectivity index (χ2v) is 8.26. The van der Waals surface area contributed by atoms with Crippen molar-refractivity contribution in [3.8, 4) is 5.75 Å². The Labute approximate surface area is 169 Å². The first-order valence-electron chi connectivity index (χ1n) is 8.78. The fraction of sp³-hybridized carbons (Fsp3) is 0.143. The SMILES string of the molecule is COc1ccc([N+](=O)[O-])cc1S(=O)(=O)N(Cc1ccccc1)c1ccc(C)cc1. The molecule has 3 rings (SSSR count). The van der Waals surface area contributed by atoms with E-state index in [2.05, 4.69) is 0 Å². The van der Waals surface area contributed by atoms with E-state index in [1.165, 1.54) is 23.5 Å². The molecule has 0 bridgehead atoms. The molecule has 150 valence electrons. The number of aryl methyl sites for hydroxylation is 1. The summed E-state index contributed by atoms with van der Waals surface area (Å²) in [6.45, 7) is 1.97. The van der Waals surface area contributed by atoms with Gasteiger partial charge in [-0.25, -0.2) is 8.42 Å². The lowest BCUT2D eigenvalue weighted by molar-refractivity contribution is -0.385. The first-order valence-corrected chi connectivity index (χ1v) is 10.2. The van der Waals surface area contributed by atoms with Crippen LogP contribution in [0.5, 0.6) is 5.75 Å². The van der Waals surface area contributed by atoms with Gasteiger partial charge in [-0.2, -0.15) is 0 Å². The Morgan fingerprint density at radius 2 is 1.66 bits per heavy atom. The molecule has 0 atom stereocenters. The van der Waals surface area contributed by atoms with Crippen molar-refractivity contribution in [3.05, 3.63) is 94.0 Å². The summed E-state index contributed by atoms with van der Waals surface area (Å²) in [4.78, 5) is 10.3. The summed E-state index contributed by atoms with van der Waals surface area (Å²) in [7, 11) is -2.83. The van der Waals surface area contributed by atoms with Crippen molar-refractivity contribution in [3.63, 3.8) is 0 Å². The minimum atomic E-state index is -4.16. The molecule has 3 aromatic rings. The van der Waals surface area contributed by atoms with E-state index >= 15 is 0 Å².